The van der Waals surface area contributed by atoms with Crippen molar-refractivity contribution < 1.29 is 4.79 Å². The molecule has 0 aliphatic carbocycles. The molecule has 0 saturated heterocycles. The average molecular weight is 139 g/mol. The lowest BCUT2D eigenvalue weighted by Crippen LogP contribution is -1.85. The van der Waals surface area contributed by atoms with Gasteiger partial charge in [-0.1, -0.05) is 24.4 Å². The summed E-state index contributed by atoms with van der Waals surface area (Å²) in [6.45, 7) is 3.46. The second-order valence-corrected chi connectivity index (χ2v) is 2.31. The van der Waals surface area contributed by atoms with Crippen LogP contribution in [-0.2, 0) is 4.79 Å². The Balaban J connectivity index is 2.77. The molecule has 1 aliphatic rings. The summed E-state index contributed by atoms with van der Waals surface area (Å²) in [4.78, 5) is 14.8. The molecule has 0 aromatic carbocycles. The molecule has 0 saturated carbocycles. The molecule has 2 nitrogen and oxygen atoms in total. The zero-order chi connectivity index (χ0) is 6.69. The molecule has 0 fully saturated rings. The van der Waals surface area contributed by atoms with Crippen molar-refractivity contribution in [1.82, 2.24) is 0 Å². The molecule has 0 spiro atoms. The Morgan fingerprint density at radius 3 is 3.00 bits per heavy atom. The van der Waals surface area contributed by atoms with E-state index >= 15 is 0 Å². The topological polar surface area (TPSA) is 29.4 Å². The van der Waals surface area contributed by atoms with Crippen molar-refractivity contribution in [2.75, 3.05) is 0 Å². The van der Waals surface area contributed by atoms with Gasteiger partial charge in [0, 0.05) is 0 Å². The molecule has 0 radical (unpaired) electrons. The maximum atomic E-state index is 10.6. The Bertz CT molecular complexity index is 205. The fourth-order valence-corrected chi connectivity index (χ4v) is 1.05. The van der Waals surface area contributed by atoms with Crippen LogP contribution in [0.1, 0.15) is 0 Å². The van der Waals surface area contributed by atoms with Crippen LogP contribution in [0.3, 0.4) is 0 Å². The molecule has 1 rings (SSSR count). The molecule has 0 N–H and O–H groups in total. The van der Waals surface area contributed by atoms with Gasteiger partial charge in [-0.25, -0.2) is 4.99 Å². The second-order valence-electron chi connectivity index (χ2n) is 1.42. The van der Waals surface area contributed by atoms with Gasteiger partial charge in [-0.3, -0.25) is 4.79 Å². The number of rotatable bonds is 1. The maximum absolute atomic E-state index is 10.6. The number of hydrogen-bond acceptors (Lipinski definition) is 2. The first-order valence-electron chi connectivity index (χ1n) is 2.41. The van der Waals surface area contributed by atoms with Gasteiger partial charge < -0.3 is 0 Å². The van der Waals surface area contributed by atoms with Crippen LogP contribution in [0.25, 0.3) is 0 Å². The van der Waals surface area contributed by atoms with E-state index in [0.29, 0.717) is 4.91 Å². The summed E-state index contributed by atoms with van der Waals surface area (Å²) < 4.78 is 0. The van der Waals surface area contributed by atoms with E-state index in [2.05, 4.69) is 11.6 Å². The van der Waals surface area contributed by atoms with E-state index in [1.165, 1.54) is 17.3 Å². The third-order valence-corrected chi connectivity index (χ3v) is 1.61. The second kappa shape index (κ2) is 2.64. The number of carbonyl (C=O) groups excluding carboxylic acids is 1. The molecule has 0 aromatic rings. The molecule has 3 heteroatoms. The van der Waals surface area contributed by atoms with E-state index in [-0.39, 0.29) is 5.91 Å². The zero-order valence-electron chi connectivity index (χ0n) is 4.70. The summed E-state index contributed by atoms with van der Waals surface area (Å²) >= 11 is 1.32. The van der Waals surface area contributed by atoms with E-state index in [1.54, 1.807) is 12.2 Å². The summed E-state index contributed by atoms with van der Waals surface area (Å²) in [5.41, 5.74) is 1.53. The van der Waals surface area contributed by atoms with Gasteiger partial charge in [0.25, 0.3) is 5.91 Å². The van der Waals surface area contributed by atoms with Crippen LogP contribution in [0.15, 0.2) is 28.6 Å². The van der Waals surface area contributed by atoms with Gasteiger partial charge in [-0.05, 0) is 6.08 Å². The minimum atomic E-state index is -0.167. The zero-order valence-corrected chi connectivity index (χ0v) is 5.52. The fourth-order valence-electron chi connectivity index (χ4n) is 0.463. The maximum Gasteiger partial charge on any atom is 0.284 e. The van der Waals surface area contributed by atoms with Crippen molar-refractivity contribution in [2.45, 2.75) is 0 Å². The van der Waals surface area contributed by atoms with E-state index in [0.717, 1.165) is 0 Å². The molecule has 46 valence electrons. The number of aliphatic imine (C=N–C) groups is 1. The number of nitrogens with zero attached hydrogens (tertiary/aromatic N) is 1. The van der Waals surface area contributed by atoms with Crippen molar-refractivity contribution in [1.29, 1.82) is 0 Å². The number of amides is 1. The molecule has 1 amide bonds. The molecule has 0 unspecified atom stereocenters. The van der Waals surface area contributed by atoms with Crippen molar-refractivity contribution in [3.8, 4) is 0 Å². The van der Waals surface area contributed by atoms with Crippen molar-refractivity contribution >= 4 is 23.2 Å². The Morgan fingerprint density at radius 2 is 2.56 bits per heavy atom. The third-order valence-electron chi connectivity index (χ3n) is 0.830. The van der Waals surface area contributed by atoms with Gasteiger partial charge in [-0.15, -0.1) is 0 Å². The monoisotopic (exact) mass is 139 g/mol. The standard InChI is InChI=1S/C6H5NOS/c1-2-3-5-6(8)7-4-9-5/h2-4H,1H2. The van der Waals surface area contributed by atoms with Gasteiger partial charge >= 0.3 is 0 Å². The molecule has 0 aromatic heterocycles. The minimum absolute atomic E-state index is 0.167. The smallest absolute Gasteiger partial charge is 0.266 e. The summed E-state index contributed by atoms with van der Waals surface area (Å²) in [5.74, 6) is -0.167. The number of carbonyl (C=O) groups is 1. The average Bonchev–Trinajstić information content (AvgIpc) is 2.18. The van der Waals surface area contributed by atoms with Crippen LogP contribution >= 0.6 is 11.8 Å². The summed E-state index contributed by atoms with van der Waals surface area (Å²) in [5, 5.41) is 0. The summed E-state index contributed by atoms with van der Waals surface area (Å²) in [6, 6.07) is 0. The quantitative estimate of drug-likeness (QED) is 0.513. The lowest BCUT2D eigenvalue weighted by atomic mass is 10.5. The van der Waals surface area contributed by atoms with Crippen LogP contribution in [0.2, 0.25) is 0 Å². The number of allylic oxidation sites excluding steroid dienone is 2. The first-order valence-corrected chi connectivity index (χ1v) is 3.29. The largest absolute Gasteiger partial charge is 0.284 e. The SMILES string of the molecule is C=CC=C1SC=NC1=O. The Kier molecular flexibility index (Phi) is 1.85. The minimum Gasteiger partial charge on any atom is -0.266 e. The highest BCUT2D eigenvalue weighted by Crippen LogP contribution is 2.19. The van der Waals surface area contributed by atoms with Gasteiger partial charge in [0.1, 0.15) is 0 Å². The lowest BCUT2D eigenvalue weighted by Gasteiger charge is -1.83. The van der Waals surface area contributed by atoms with Crippen LogP contribution in [0.4, 0.5) is 0 Å². The molecule has 0 bridgehead atoms. The van der Waals surface area contributed by atoms with E-state index < -0.39 is 0 Å². The Morgan fingerprint density at radius 1 is 1.78 bits per heavy atom. The van der Waals surface area contributed by atoms with Crippen LogP contribution in [0, 0.1) is 0 Å². The van der Waals surface area contributed by atoms with E-state index in [9.17, 15) is 4.79 Å². The van der Waals surface area contributed by atoms with Crippen molar-refractivity contribution in [3.05, 3.63) is 23.6 Å². The highest BCUT2D eigenvalue weighted by Gasteiger charge is 2.11. The first-order chi connectivity index (χ1) is 4.34. The summed E-state index contributed by atoms with van der Waals surface area (Å²) in [6.07, 6.45) is 3.23. The van der Waals surface area contributed by atoms with Crippen molar-refractivity contribution in [2.24, 2.45) is 4.99 Å². The Labute approximate surface area is 57.4 Å². The molecule has 0 atom stereocenters. The van der Waals surface area contributed by atoms with E-state index in [1.807, 2.05) is 0 Å². The molecule has 1 heterocycles. The molecular weight excluding hydrogens is 134 g/mol. The fraction of sp³-hybridized carbons (Fsp3) is 0. The van der Waals surface area contributed by atoms with Gasteiger partial charge in [0.05, 0.1) is 10.5 Å². The Hall–Kier alpha value is -0.830. The molecule has 9 heavy (non-hydrogen) atoms. The first kappa shape index (κ1) is 6.29. The highest BCUT2D eigenvalue weighted by molar-refractivity contribution is 8.16. The normalized spacial score (nSPS) is 21.3. The van der Waals surface area contributed by atoms with Crippen LogP contribution in [-0.4, -0.2) is 11.5 Å². The van der Waals surface area contributed by atoms with Crippen LogP contribution < -0.4 is 0 Å². The highest BCUT2D eigenvalue weighted by atomic mass is 32.2. The van der Waals surface area contributed by atoms with Gasteiger partial charge in [0.2, 0.25) is 0 Å². The van der Waals surface area contributed by atoms with E-state index in [4.69, 9.17) is 0 Å². The van der Waals surface area contributed by atoms with Gasteiger partial charge in [0.15, 0.2) is 0 Å². The lowest BCUT2D eigenvalue weighted by molar-refractivity contribution is -0.113. The van der Waals surface area contributed by atoms with Crippen molar-refractivity contribution in [3.63, 3.8) is 0 Å². The van der Waals surface area contributed by atoms with Crippen LogP contribution in [0.5, 0.6) is 0 Å². The molecule has 1 aliphatic heterocycles. The number of thioether (sulfide) groups is 1. The number of hydrogen-bond donors (Lipinski definition) is 0. The third kappa shape index (κ3) is 1.29. The van der Waals surface area contributed by atoms with Gasteiger partial charge in [-0.2, -0.15) is 0 Å². The summed E-state index contributed by atoms with van der Waals surface area (Å²) in [7, 11) is 0. The predicted octanol–water partition coefficient (Wildman–Crippen LogP) is 1.36. The molecular formula is C6H5NOS. The predicted molar refractivity (Wildman–Crippen MR) is 39.4 cm³/mol.